The van der Waals surface area contributed by atoms with Crippen molar-refractivity contribution in [1.82, 2.24) is 15.0 Å². The number of anilines is 1. The van der Waals surface area contributed by atoms with Gasteiger partial charge in [0.1, 0.15) is 6.61 Å². The van der Waals surface area contributed by atoms with Crippen molar-refractivity contribution in [3.63, 3.8) is 0 Å². The molecule has 0 fully saturated rings. The number of benzene rings is 2. The van der Waals surface area contributed by atoms with Crippen LogP contribution >= 0.6 is 0 Å². The average Bonchev–Trinajstić information content (AvgIpc) is 2.66. The fraction of sp³-hybridized carbons (Fsp3) is 0.0526. The molecule has 0 aliphatic heterocycles. The molecule has 6 nitrogen and oxygen atoms in total. The normalized spacial score (nSPS) is 10.9. The molecule has 2 aromatic carbocycles. The summed E-state index contributed by atoms with van der Waals surface area (Å²) in [6, 6.07) is 15.8. The molecular formula is C19H14N4O2. The van der Waals surface area contributed by atoms with Crippen LogP contribution in [-0.4, -0.2) is 20.9 Å². The van der Waals surface area contributed by atoms with Crippen LogP contribution in [0.25, 0.3) is 21.7 Å². The topological polar surface area (TPSA) is 91.0 Å². The number of carbonyl (C=O) groups excluding carboxylic acids is 1. The average molecular weight is 330 g/mol. The predicted octanol–water partition coefficient (Wildman–Crippen LogP) is 3.12. The Morgan fingerprint density at radius 3 is 2.40 bits per heavy atom. The minimum atomic E-state index is -0.621. The van der Waals surface area contributed by atoms with Gasteiger partial charge < -0.3 is 10.5 Å². The van der Waals surface area contributed by atoms with E-state index in [1.165, 1.54) is 12.4 Å². The van der Waals surface area contributed by atoms with Gasteiger partial charge in [-0.25, -0.2) is 19.7 Å². The molecular weight excluding hydrogens is 316 g/mol. The third-order valence-corrected chi connectivity index (χ3v) is 3.95. The summed E-state index contributed by atoms with van der Waals surface area (Å²) >= 11 is 0. The number of esters is 1. The molecule has 0 saturated heterocycles. The number of pyridine rings is 1. The molecule has 0 spiro atoms. The maximum absolute atomic E-state index is 12.2. The largest absolute Gasteiger partial charge is 0.454 e. The number of nitrogens with zero attached hydrogens (tertiary/aromatic N) is 3. The van der Waals surface area contributed by atoms with Gasteiger partial charge in [0.25, 0.3) is 0 Å². The van der Waals surface area contributed by atoms with Gasteiger partial charge >= 0.3 is 5.97 Å². The molecule has 6 heteroatoms. The summed E-state index contributed by atoms with van der Waals surface area (Å²) in [5, 5.41) is 3.07. The first-order valence-corrected chi connectivity index (χ1v) is 7.74. The van der Waals surface area contributed by atoms with Crippen molar-refractivity contribution in [2.75, 3.05) is 5.73 Å². The first-order chi connectivity index (χ1) is 12.2. The number of carbonyl (C=O) groups is 1. The number of ether oxygens (including phenoxy) is 1. The highest BCUT2D eigenvalue weighted by Crippen LogP contribution is 2.26. The first-order valence-electron chi connectivity index (χ1n) is 7.74. The van der Waals surface area contributed by atoms with Crippen molar-refractivity contribution < 1.29 is 9.53 Å². The van der Waals surface area contributed by atoms with Gasteiger partial charge in [-0.15, -0.1) is 0 Å². The monoisotopic (exact) mass is 330 g/mol. The zero-order valence-electron chi connectivity index (χ0n) is 13.2. The Hall–Kier alpha value is -3.54. The molecule has 122 valence electrons. The standard InChI is InChI=1S/C19H14N4O2/c20-18-17(21-9-10-22-18)19(24)25-11-16-14-7-2-1-5-12(14)13-6-3-4-8-15(13)23-16/h1-10H,11H2,(H2,20,22). The lowest BCUT2D eigenvalue weighted by Crippen LogP contribution is -2.12. The highest BCUT2D eigenvalue weighted by atomic mass is 16.5. The lowest BCUT2D eigenvalue weighted by Gasteiger charge is -2.10. The van der Waals surface area contributed by atoms with Crippen LogP contribution < -0.4 is 5.73 Å². The third-order valence-electron chi connectivity index (χ3n) is 3.95. The van der Waals surface area contributed by atoms with Gasteiger partial charge in [-0.3, -0.25) is 0 Å². The third kappa shape index (κ3) is 2.74. The van der Waals surface area contributed by atoms with Crippen LogP contribution in [0.3, 0.4) is 0 Å². The SMILES string of the molecule is Nc1nccnc1C(=O)OCc1nc2ccccc2c2ccccc12. The number of hydrogen-bond donors (Lipinski definition) is 1. The number of nitrogens with two attached hydrogens (primary N) is 1. The van der Waals surface area contributed by atoms with Gasteiger partial charge in [0, 0.05) is 23.2 Å². The summed E-state index contributed by atoms with van der Waals surface area (Å²) in [4.78, 5) is 24.6. The fourth-order valence-electron chi connectivity index (χ4n) is 2.79. The molecule has 2 N–H and O–H groups in total. The first kappa shape index (κ1) is 15.0. The molecule has 4 aromatic rings. The highest BCUT2D eigenvalue weighted by Gasteiger charge is 2.15. The smallest absolute Gasteiger partial charge is 0.361 e. The molecule has 0 aliphatic carbocycles. The summed E-state index contributed by atoms with van der Waals surface area (Å²) in [5.41, 5.74) is 7.21. The van der Waals surface area contributed by atoms with E-state index >= 15 is 0 Å². The zero-order valence-corrected chi connectivity index (χ0v) is 13.2. The molecule has 0 saturated carbocycles. The molecule has 4 rings (SSSR count). The second-order valence-electron chi connectivity index (χ2n) is 5.49. The van der Waals surface area contributed by atoms with Crippen molar-refractivity contribution in [1.29, 1.82) is 0 Å². The lowest BCUT2D eigenvalue weighted by molar-refractivity contribution is 0.0464. The molecule has 0 amide bonds. The summed E-state index contributed by atoms with van der Waals surface area (Å²) < 4.78 is 5.37. The van der Waals surface area contributed by atoms with Crippen LogP contribution in [-0.2, 0) is 11.3 Å². The van der Waals surface area contributed by atoms with Gasteiger partial charge in [0.2, 0.25) is 0 Å². The molecule has 0 aliphatic rings. The summed E-state index contributed by atoms with van der Waals surface area (Å²) in [7, 11) is 0. The minimum absolute atomic E-state index is 0.00703. The summed E-state index contributed by atoms with van der Waals surface area (Å²) in [6.07, 6.45) is 2.82. The number of para-hydroxylation sites is 1. The summed E-state index contributed by atoms with van der Waals surface area (Å²) in [5.74, 6) is -0.575. The van der Waals surface area contributed by atoms with Crippen molar-refractivity contribution in [2.45, 2.75) is 6.61 Å². The van der Waals surface area contributed by atoms with Crippen molar-refractivity contribution in [3.8, 4) is 0 Å². The van der Waals surface area contributed by atoms with Crippen molar-refractivity contribution in [2.24, 2.45) is 0 Å². The van der Waals surface area contributed by atoms with E-state index in [0.717, 1.165) is 21.7 Å². The van der Waals surface area contributed by atoms with E-state index in [1.807, 2.05) is 48.5 Å². The number of nitrogen functional groups attached to an aromatic ring is 1. The van der Waals surface area contributed by atoms with E-state index in [0.29, 0.717) is 5.69 Å². The molecule has 2 heterocycles. The van der Waals surface area contributed by atoms with Gasteiger partial charge in [0.15, 0.2) is 11.5 Å². The van der Waals surface area contributed by atoms with E-state index < -0.39 is 5.97 Å². The van der Waals surface area contributed by atoms with Crippen molar-refractivity contribution in [3.05, 3.63) is 72.3 Å². The maximum atomic E-state index is 12.2. The Bertz CT molecular complexity index is 1090. The predicted molar refractivity (Wildman–Crippen MR) is 94.8 cm³/mol. The van der Waals surface area contributed by atoms with E-state index in [9.17, 15) is 4.79 Å². The van der Waals surface area contributed by atoms with Gasteiger partial charge in [-0.1, -0.05) is 42.5 Å². The Morgan fingerprint density at radius 2 is 1.60 bits per heavy atom. The van der Waals surface area contributed by atoms with E-state index in [-0.39, 0.29) is 18.1 Å². The Balaban J connectivity index is 1.71. The highest BCUT2D eigenvalue weighted by molar-refractivity contribution is 6.06. The maximum Gasteiger partial charge on any atom is 0.361 e. The molecule has 25 heavy (non-hydrogen) atoms. The molecule has 0 atom stereocenters. The fourth-order valence-corrected chi connectivity index (χ4v) is 2.79. The van der Waals surface area contributed by atoms with Crippen LogP contribution in [0.1, 0.15) is 16.2 Å². The second kappa shape index (κ2) is 6.16. The van der Waals surface area contributed by atoms with E-state index in [4.69, 9.17) is 10.5 Å². The van der Waals surface area contributed by atoms with Crippen molar-refractivity contribution >= 4 is 33.5 Å². The van der Waals surface area contributed by atoms with Gasteiger partial charge in [-0.2, -0.15) is 0 Å². The minimum Gasteiger partial charge on any atom is -0.454 e. The van der Waals surface area contributed by atoms with E-state index in [2.05, 4.69) is 15.0 Å². The van der Waals surface area contributed by atoms with Crippen LogP contribution in [0.15, 0.2) is 60.9 Å². The lowest BCUT2D eigenvalue weighted by atomic mass is 10.0. The number of aromatic nitrogens is 3. The molecule has 2 aromatic heterocycles. The molecule has 0 bridgehead atoms. The number of fused-ring (bicyclic) bond motifs is 3. The number of hydrogen-bond acceptors (Lipinski definition) is 6. The Kier molecular flexibility index (Phi) is 3.70. The Labute approximate surface area is 143 Å². The van der Waals surface area contributed by atoms with Crippen LogP contribution in [0.5, 0.6) is 0 Å². The van der Waals surface area contributed by atoms with Gasteiger partial charge in [0.05, 0.1) is 11.2 Å². The zero-order chi connectivity index (χ0) is 17.2. The molecule has 0 unspecified atom stereocenters. The number of rotatable bonds is 3. The Morgan fingerprint density at radius 1 is 0.920 bits per heavy atom. The van der Waals surface area contributed by atoms with Crippen LogP contribution in [0, 0.1) is 0 Å². The summed E-state index contributed by atoms with van der Waals surface area (Å²) in [6.45, 7) is 0.0280. The van der Waals surface area contributed by atoms with Crippen LogP contribution in [0.2, 0.25) is 0 Å². The molecule has 0 radical (unpaired) electrons. The second-order valence-corrected chi connectivity index (χ2v) is 5.49. The quantitative estimate of drug-likeness (QED) is 0.458. The van der Waals surface area contributed by atoms with Crippen LogP contribution in [0.4, 0.5) is 5.82 Å². The van der Waals surface area contributed by atoms with E-state index in [1.54, 1.807) is 0 Å². The van der Waals surface area contributed by atoms with Gasteiger partial charge in [-0.05, 0) is 11.5 Å².